The number of furan rings is 1. The van der Waals surface area contributed by atoms with Gasteiger partial charge in [0.15, 0.2) is 5.76 Å². The van der Waals surface area contributed by atoms with Crippen molar-refractivity contribution in [2.24, 2.45) is 0 Å². The molecule has 1 N–H and O–H groups in total. The van der Waals surface area contributed by atoms with E-state index in [9.17, 15) is 4.79 Å². The van der Waals surface area contributed by atoms with Crippen molar-refractivity contribution >= 4 is 45.8 Å². The molecule has 5 heteroatoms. The third-order valence-corrected chi connectivity index (χ3v) is 3.57. The van der Waals surface area contributed by atoms with E-state index < -0.39 is 0 Å². The number of hydrogen-bond acceptors (Lipinski definition) is 2. The standard InChI is InChI=1S/C15H9Cl2NO2/c16-11-6-5-10(8-12(11)17)18-15(19)14-7-9-3-1-2-4-13(9)20-14/h1-8H,(H,18,19). The maximum absolute atomic E-state index is 12.1. The summed E-state index contributed by atoms with van der Waals surface area (Å²) in [6, 6.07) is 14.0. The van der Waals surface area contributed by atoms with Crippen molar-refractivity contribution in [3.8, 4) is 0 Å². The molecule has 0 aliphatic rings. The number of nitrogens with one attached hydrogen (secondary N) is 1. The molecule has 1 amide bonds. The van der Waals surface area contributed by atoms with Gasteiger partial charge in [0.05, 0.1) is 10.0 Å². The first-order valence-electron chi connectivity index (χ1n) is 5.88. The zero-order chi connectivity index (χ0) is 14.1. The number of halogens is 2. The molecule has 1 aromatic heterocycles. The van der Waals surface area contributed by atoms with Crippen molar-refractivity contribution in [1.29, 1.82) is 0 Å². The minimum atomic E-state index is -0.334. The van der Waals surface area contributed by atoms with E-state index in [2.05, 4.69) is 5.32 Å². The van der Waals surface area contributed by atoms with Crippen LogP contribution in [0.5, 0.6) is 0 Å². The van der Waals surface area contributed by atoms with Gasteiger partial charge in [0, 0.05) is 11.1 Å². The Labute approximate surface area is 125 Å². The highest BCUT2D eigenvalue weighted by molar-refractivity contribution is 6.42. The molecule has 0 saturated carbocycles. The second-order valence-electron chi connectivity index (χ2n) is 4.23. The lowest BCUT2D eigenvalue weighted by Gasteiger charge is -2.04. The van der Waals surface area contributed by atoms with Gasteiger partial charge in [-0.2, -0.15) is 0 Å². The minimum absolute atomic E-state index is 0.247. The molecular weight excluding hydrogens is 297 g/mol. The first kappa shape index (κ1) is 13.0. The van der Waals surface area contributed by atoms with E-state index in [1.54, 1.807) is 24.3 Å². The lowest BCUT2D eigenvalue weighted by molar-refractivity contribution is 0.0998. The van der Waals surface area contributed by atoms with Gasteiger partial charge in [-0.25, -0.2) is 0 Å². The summed E-state index contributed by atoms with van der Waals surface area (Å²) in [6.45, 7) is 0. The summed E-state index contributed by atoms with van der Waals surface area (Å²) in [5.74, 6) is -0.0862. The van der Waals surface area contributed by atoms with Gasteiger partial charge in [-0.15, -0.1) is 0 Å². The summed E-state index contributed by atoms with van der Waals surface area (Å²) in [5.41, 5.74) is 1.23. The van der Waals surface area contributed by atoms with Crippen molar-refractivity contribution in [3.05, 3.63) is 64.3 Å². The van der Waals surface area contributed by atoms with Gasteiger partial charge in [0.2, 0.25) is 0 Å². The number of amides is 1. The van der Waals surface area contributed by atoms with Gasteiger partial charge in [-0.05, 0) is 30.3 Å². The number of hydrogen-bond donors (Lipinski definition) is 1. The summed E-state index contributed by atoms with van der Waals surface area (Å²) in [4.78, 5) is 12.1. The van der Waals surface area contributed by atoms with Crippen molar-refractivity contribution in [2.45, 2.75) is 0 Å². The summed E-state index contributed by atoms with van der Waals surface area (Å²) in [6.07, 6.45) is 0. The Morgan fingerprint density at radius 1 is 1.00 bits per heavy atom. The number of carbonyl (C=O) groups is 1. The molecule has 0 aliphatic heterocycles. The van der Waals surface area contributed by atoms with Crippen molar-refractivity contribution in [1.82, 2.24) is 0 Å². The van der Waals surface area contributed by atoms with Crippen molar-refractivity contribution < 1.29 is 9.21 Å². The first-order valence-corrected chi connectivity index (χ1v) is 6.64. The van der Waals surface area contributed by atoms with Gasteiger partial charge in [-0.1, -0.05) is 41.4 Å². The normalized spacial score (nSPS) is 10.7. The number of rotatable bonds is 2. The van der Waals surface area contributed by atoms with Gasteiger partial charge >= 0.3 is 0 Å². The quantitative estimate of drug-likeness (QED) is 0.724. The number of fused-ring (bicyclic) bond motifs is 1. The molecule has 0 spiro atoms. The highest BCUT2D eigenvalue weighted by atomic mass is 35.5. The van der Waals surface area contributed by atoms with Crippen LogP contribution in [0.4, 0.5) is 5.69 Å². The number of carbonyl (C=O) groups excluding carboxylic acids is 1. The monoisotopic (exact) mass is 305 g/mol. The molecule has 0 fully saturated rings. The molecule has 0 unspecified atom stereocenters. The first-order chi connectivity index (χ1) is 9.63. The second kappa shape index (κ2) is 5.19. The zero-order valence-corrected chi connectivity index (χ0v) is 11.7. The predicted molar refractivity (Wildman–Crippen MR) is 80.6 cm³/mol. The third-order valence-electron chi connectivity index (χ3n) is 2.83. The van der Waals surface area contributed by atoms with Crippen LogP contribution in [0.25, 0.3) is 11.0 Å². The number of benzene rings is 2. The van der Waals surface area contributed by atoms with Gasteiger partial charge in [0.1, 0.15) is 5.58 Å². The molecule has 0 saturated heterocycles. The number of anilines is 1. The smallest absolute Gasteiger partial charge is 0.291 e. The Morgan fingerprint density at radius 3 is 2.55 bits per heavy atom. The van der Waals surface area contributed by atoms with E-state index in [0.29, 0.717) is 21.3 Å². The zero-order valence-electron chi connectivity index (χ0n) is 10.2. The van der Waals surface area contributed by atoms with Crippen LogP contribution in [-0.2, 0) is 0 Å². The minimum Gasteiger partial charge on any atom is -0.451 e. The van der Waals surface area contributed by atoms with Crippen LogP contribution >= 0.6 is 23.2 Å². The van der Waals surface area contributed by atoms with E-state index in [1.165, 1.54) is 0 Å². The summed E-state index contributed by atoms with van der Waals surface area (Å²) < 4.78 is 5.48. The van der Waals surface area contributed by atoms with Crippen LogP contribution in [-0.4, -0.2) is 5.91 Å². The lowest BCUT2D eigenvalue weighted by atomic mass is 10.2. The van der Waals surface area contributed by atoms with E-state index >= 15 is 0 Å². The van der Waals surface area contributed by atoms with Gasteiger partial charge in [-0.3, -0.25) is 4.79 Å². The van der Waals surface area contributed by atoms with Crippen LogP contribution in [0, 0.1) is 0 Å². The van der Waals surface area contributed by atoms with Crippen LogP contribution < -0.4 is 5.32 Å². The lowest BCUT2D eigenvalue weighted by Crippen LogP contribution is -2.10. The second-order valence-corrected chi connectivity index (χ2v) is 5.05. The van der Waals surface area contributed by atoms with Crippen molar-refractivity contribution in [2.75, 3.05) is 5.32 Å². The average Bonchev–Trinajstić information content (AvgIpc) is 2.87. The molecule has 100 valence electrons. The fourth-order valence-corrected chi connectivity index (χ4v) is 2.16. The highest BCUT2D eigenvalue weighted by Gasteiger charge is 2.12. The van der Waals surface area contributed by atoms with E-state index in [1.807, 2.05) is 24.3 Å². The highest BCUT2D eigenvalue weighted by Crippen LogP contribution is 2.26. The van der Waals surface area contributed by atoms with Crippen LogP contribution in [0.15, 0.2) is 52.9 Å². The molecular formula is C15H9Cl2NO2. The molecule has 1 heterocycles. The van der Waals surface area contributed by atoms with Crippen LogP contribution in [0.3, 0.4) is 0 Å². The van der Waals surface area contributed by atoms with E-state index in [4.69, 9.17) is 27.6 Å². The molecule has 0 aliphatic carbocycles. The molecule has 3 aromatic rings. The van der Waals surface area contributed by atoms with E-state index in [0.717, 1.165) is 5.39 Å². The summed E-state index contributed by atoms with van der Waals surface area (Å²) in [5, 5.41) is 4.41. The Balaban J connectivity index is 1.86. The average molecular weight is 306 g/mol. The number of para-hydroxylation sites is 1. The molecule has 3 rings (SSSR count). The Morgan fingerprint density at radius 2 is 1.80 bits per heavy atom. The molecule has 3 nitrogen and oxygen atoms in total. The Bertz CT molecular complexity index is 762. The van der Waals surface area contributed by atoms with E-state index in [-0.39, 0.29) is 11.7 Å². The fraction of sp³-hybridized carbons (Fsp3) is 0. The summed E-state index contributed by atoms with van der Waals surface area (Å²) in [7, 11) is 0. The largest absolute Gasteiger partial charge is 0.451 e. The summed E-state index contributed by atoms with van der Waals surface area (Å²) >= 11 is 11.7. The molecule has 0 radical (unpaired) electrons. The molecule has 0 atom stereocenters. The van der Waals surface area contributed by atoms with Crippen LogP contribution in [0.1, 0.15) is 10.6 Å². The SMILES string of the molecule is O=C(Nc1ccc(Cl)c(Cl)c1)c1cc2ccccc2o1. The van der Waals surface area contributed by atoms with Gasteiger partial charge < -0.3 is 9.73 Å². The molecule has 2 aromatic carbocycles. The Hall–Kier alpha value is -1.97. The fourth-order valence-electron chi connectivity index (χ4n) is 1.86. The van der Waals surface area contributed by atoms with Crippen molar-refractivity contribution in [3.63, 3.8) is 0 Å². The maximum atomic E-state index is 12.1. The Kier molecular flexibility index (Phi) is 3.38. The molecule has 20 heavy (non-hydrogen) atoms. The molecule has 0 bridgehead atoms. The topological polar surface area (TPSA) is 42.2 Å². The predicted octanol–water partition coefficient (Wildman–Crippen LogP) is 4.99. The van der Waals surface area contributed by atoms with Crippen LogP contribution in [0.2, 0.25) is 10.0 Å². The maximum Gasteiger partial charge on any atom is 0.291 e. The third kappa shape index (κ3) is 2.50. The van der Waals surface area contributed by atoms with Gasteiger partial charge in [0.25, 0.3) is 5.91 Å².